The lowest BCUT2D eigenvalue weighted by Crippen LogP contribution is -2.33. The van der Waals surface area contributed by atoms with Gasteiger partial charge in [0.25, 0.3) is 0 Å². The van der Waals surface area contributed by atoms with Crippen LogP contribution < -0.4 is 4.74 Å². The van der Waals surface area contributed by atoms with Crippen LogP contribution in [0.3, 0.4) is 0 Å². The van der Waals surface area contributed by atoms with E-state index in [1.165, 1.54) is 32.0 Å². The van der Waals surface area contributed by atoms with Crippen LogP contribution in [0.5, 0.6) is 5.88 Å². The predicted molar refractivity (Wildman–Crippen MR) is 121 cm³/mol. The molecule has 2 aliphatic carbocycles. The van der Waals surface area contributed by atoms with Gasteiger partial charge in [0.1, 0.15) is 24.1 Å². The highest BCUT2D eigenvalue weighted by atomic mass is 16.5. The minimum Gasteiger partial charge on any atom is -0.471 e. The topological polar surface area (TPSA) is 98.9 Å². The van der Waals surface area contributed by atoms with Crippen molar-refractivity contribution < 1.29 is 9.53 Å². The van der Waals surface area contributed by atoms with Gasteiger partial charge in [0.15, 0.2) is 11.2 Å². The highest BCUT2D eigenvalue weighted by Crippen LogP contribution is 2.63. The summed E-state index contributed by atoms with van der Waals surface area (Å²) in [5, 5.41) is 0. The van der Waals surface area contributed by atoms with E-state index in [0.717, 1.165) is 36.4 Å². The number of carbonyl (C=O) groups is 1. The van der Waals surface area contributed by atoms with Gasteiger partial charge in [-0.1, -0.05) is 12.8 Å². The molecule has 0 aromatic carbocycles. The first kappa shape index (κ1) is 20.5. The molecular weight excluding hydrogens is 418 g/mol. The van der Waals surface area contributed by atoms with E-state index >= 15 is 0 Å². The van der Waals surface area contributed by atoms with Crippen LogP contribution in [0, 0.1) is 18.3 Å². The molecule has 0 bridgehead atoms. The number of likely N-dealkylation sites (tertiary alicyclic amines) is 1. The number of nitrogens with zero attached hydrogens (tertiary/aromatic N) is 7. The smallest absolute Gasteiger partial charge is 0.245 e. The number of carbonyl (C=O) groups excluding carboxylic acids is 1. The summed E-state index contributed by atoms with van der Waals surface area (Å²) < 4.78 is 8.33. The molecule has 1 saturated heterocycles. The molecule has 9 heteroatoms. The van der Waals surface area contributed by atoms with Gasteiger partial charge in [-0.3, -0.25) is 4.79 Å². The zero-order valence-electron chi connectivity index (χ0n) is 19.2. The number of rotatable bonds is 5. The van der Waals surface area contributed by atoms with Crippen LogP contribution in [0.1, 0.15) is 51.3 Å². The second-order valence-corrected chi connectivity index (χ2v) is 9.69. The van der Waals surface area contributed by atoms with Crippen molar-refractivity contribution in [1.82, 2.24) is 34.4 Å². The number of fused-ring (bicyclic) bond motifs is 1. The average molecular weight is 448 g/mol. The maximum absolute atomic E-state index is 13.1. The SMILES string of the molecule is CCn1c(-c2cnc(C)nc2)nc2c(OC3CCN(C(=O)C4CC45CCCC5)C3)ncnc21. The molecule has 33 heavy (non-hydrogen) atoms. The molecule has 9 nitrogen and oxygen atoms in total. The molecule has 3 aromatic heterocycles. The predicted octanol–water partition coefficient (Wildman–Crippen LogP) is 3.17. The maximum Gasteiger partial charge on any atom is 0.245 e. The monoisotopic (exact) mass is 447 g/mol. The van der Waals surface area contributed by atoms with Gasteiger partial charge in [-0.2, -0.15) is 4.98 Å². The van der Waals surface area contributed by atoms with Crippen molar-refractivity contribution in [2.24, 2.45) is 11.3 Å². The molecule has 1 spiro atoms. The molecule has 2 unspecified atom stereocenters. The van der Waals surface area contributed by atoms with Gasteiger partial charge in [-0.05, 0) is 38.5 Å². The molecule has 0 N–H and O–H groups in total. The van der Waals surface area contributed by atoms with E-state index in [-0.39, 0.29) is 12.0 Å². The first-order valence-corrected chi connectivity index (χ1v) is 12.0. The summed E-state index contributed by atoms with van der Waals surface area (Å²) in [4.78, 5) is 37.4. The Kier molecular flexibility index (Phi) is 4.81. The maximum atomic E-state index is 13.1. The van der Waals surface area contributed by atoms with Crippen molar-refractivity contribution >= 4 is 17.1 Å². The minimum atomic E-state index is -0.0803. The standard InChI is InChI=1S/C24H29N7O2/c1-3-31-20(16-11-25-15(2)26-12-16)29-19-21(31)27-14-28-22(19)33-17-6-9-30(13-17)23(32)18-10-24(18)7-4-5-8-24/h11-12,14,17-18H,3-10,13H2,1-2H3. The Hall–Kier alpha value is -3.10. The largest absolute Gasteiger partial charge is 0.471 e. The fraction of sp³-hybridized carbons (Fsp3) is 0.583. The highest BCUT2D eigenvalue weighted by molar-refractivity contribution is 5.83. The quantitative estimate of drug-likeness (QED) is 0.592. The Balaban J connectivity index is 1.21. The van der Waals surface area contributed by atoms with Crippen LogP contribution >= 0.6 is 0 Å². The molecule has 0 radical (unpaired) electrons. The lowest BCUT2D eigenvalue weighted by atomic mass is 10.0. The van der Waals surface area contributed by atoms with Crippen LogP contribution in [-0.2, 0) is 11.3 Å². The van der Waals surface area contributed by atoms with Crippen molar-refractivity contribution in [1.29, 1.82) is 0 Å². The lowest BCUT2D eigenvalue weighted by Gasteiger charge is -2.18. The van der Waals surface area contributed by atoms with Gasteiger partial charge in [-0.15, -0.1) is 0 Å². The first-order chi connectivity index (χ1) is 16.1. The second-order valence-electron chi connectivity index (χ2n) is 9.69. The third kappa shape index (κ3) is 3.45. The number of hydrogen-bond donors (Lipinski definition) is 0. The third-order valence-corrected chi connectivity index (χ3v) is 7.68. The molecule has 2 saturated carbocycles. The summed E-state index contributed by atoms with van der Waals surface area (Å²) in [6.07, 6.45) is 11.9. The Bertz CT molecular complexity index is 1200. The molecule has 2 atom stereocenters. The summed E-state index contributed by atoms with van der Waals surface area (Å²) in [5.41, 5.74) is 2.52. The Morgan fingerprint density at radius 2 is 1.97 bits per heavy atom. The average Bonchev–Trinajstić information content (AvgIpc) is 3.20. The zero-order valence-corrected chi connectivity index (χ0v) is 19.2. The molecule has 1 aliphatic heterocycles. The van der Waals surface area contributed by atoms with Crippen LogP contribution in [0.2, 0.25) is 0 Å². The molecular formula is C24H29N7O2. The van der Waals surface area contributed by atoms with Crippen LogP contribution in [-0.4, -0.2) is 59.5 Å². The van der Waals surface area contributed by atoms with Crippen LogP contribution in [0.25, 0.3) is 22.6 Å². The fourth-order valence-electron chi connectivity index (χ4n) is 5.76. The van der Waals surface area contributed by atoms with Crippen LogP contribution in [0.15, 0.2) is 18.7 Å². The van der Waals surface area contributed by atoms with Gasteiger partial charge in [-0.25, -0.2) is 19.9 Å². The number of aryl methyl sites for hydroxylation is 2. The molecule has 3 aromatic rings. The van der Waals surface area contributed by atoms with E-state index in [2.05, 4.69) is 26.9 Å². The molecule has 172 valence electrons. The molecule has 6 rings (SSSR count). The van der Waals surface area contributed by atoms with E-state index in [4.69, 9.17) is 9.72 Å². The van der Waals surface area contributed by atoms with E-state index in [1.807, 2.05) is 16.4 Å². The van der Waals surface area contributed by atoms with Gasteiger partial charge >= 0.3 is 0 Å². The van der Waals surface area contributed by atoms with Crippen LogP contribution in [0.4, 0.5) is 0 Å². The first-order valence-electron chi connectivity index (χ1n) is 12.0. The van der Waals surface area contributed by atoms with E-state index in [1.54, 1.807) is 12.4 Å². The molecule has 3 aliphatic rings. The summed E-state index contributed by atoms with van der Waals surface area (Å²) in [5.74, 6) is 2.50. The lowest BCUT2D eigenvalue weighted by molar-refractivity contribution is -0.132. The number of amides is 1. The van der Waals surface area contributed by atoms with Crippen molar-refractivity contribution in [2.45, 2.75) is 65.0 Å². The van der Waals surface area contributed by atoms with E-state index in [0.29, 0.717) is 41.6 Å². The van der Waals surface area contributed by atoms with Crippen molar-refractivity contribution in [3.8, 4) is 17.3 Å². The van der Waals surface area contributed by atoms with Crippen molar-refractivity contribution in [3.05, 3.63) is 24.5 Å². The zero-order chi connectivity index (χ0) is 22.6. The summed E-state index contributed by atoms with van der Waals surface area (Å²) >= 11 is 0. The molecule has 4 heterocycles. The highest BCUT2D eigenvalue weighted by Gasteiger charge is 2.59. The molecule has 1 amide bonds. The van der Waals surface area contributed by atoms with Gasteiger partial charge in [0.05, 0.1) is 12.1 Å². The Morgan fingerprint density at radius 3 is 2.73 bits per heavy atom. The Morgan fingerprint density at radius 1 is 1.18 bits per heavy atom. The number of hydrogen-bond acceptors (Lipinski definition) is 7. The van der Waals surface area contributed by atoms with E-state index in [9.17, 15) is 4.79 Å². The van der Waals surface area contributed by atoms with Gasteiger partial charge in [0.2, 0.25) is 11.8 Å². The number of aromatic nitrogens is 6. The minimum absolute atomic E-state index is 0.0803. The fourth-order valence-corrected chi connectivity index (χ4v) is 5.76. The number of imidazole rings is 1. The molecule has 3 fully saturated rings. The van der Waals surface area contributed by atoms with Crippen molar-refractivity contribution in [2.75, 3.05) is 13.1 Å². The second kappa shape index (κ2) is 7.74. The number of ether oxygens (including phenoxy) is 1. The summed E-state index contributed by atoms with van der Waals surface area (Å²) in [6.45, 7) is 5.98. The van der Waals surface area contributed by atoms with E-state index < -0.39 is 0 Å². The summed E-state index contributed by atoms with van der Waals surface area (Å²) in [6, 6.07) is 0. The normalized spacial score (nSPS) is 23.5. The Labute approximate surface area is 192 Å². The van der Waals surface area contributed by atoms with Gasteiger partial charge < -0.3 is 14.2 Å². The van der Waals surface area contributed by atoms with Crippen molar-refractivity contribution in [3.63, 3.8) is 0 Å². The summed E-state index contributed by atoms with van der Waals surface area (Å²) in [7, 11) is 0. The third-order valence-electron chi connectivity index (χ3n) is 7.68. The van der Waals surface area contributed by atoms with Gasteiger partial charge in [0, 0.05) is 37.8 Å².